The molecule has 2 N–H and O–H groups in total. The predicted molar refractivity (Wildman–Crippen MR) is 110 cm³/mol. The molecule has 2 aromatic heterocycles. The highest BCUT2D eigenvalue weighted by Crippen LogP contribution is 2.16. The molecular weight excluding hydrogens is 378 g/mol. The fraction of sp³-hybridized carbons (Fsp3) is 0.350. The number of methoxy groups -OCH3 is 1. The largest absolute Gasteiger partial charge is 0.496 e. The molecule has 8 heteroatoms. The van der Waals surface area contributed by atoms with E-state index < -0.39 is 0 Å². The highest BCUT2D eigenvalue weighted by Gasteiger charge is 2.09. The van der Waals surface area contributed by atoms with Gasteiger partial charge in [-0.05, 0) is 30.4 Å². The number of fused-ring (bicyclic) bond motifs is 1. The molecule has 0 aliphatic rings. The summed E-state index contributed by atoms with van der Waals surface area (Å²) in [5.74, 6) is 0.724. The molecule has 0 unspecified atom stereocenters. The number of ether oxygens (including phenoxy) is 1. The van der Waals surface area contributed by atoms with Crippen LogP contribution in [0.5, 0.6) is 5.75 Å². The van der Waals surface area contributed by atoms with Crippen LogP contribution in [0.1, 0.15) is 31.2 Å². The van der Waals surface area contributed by atoms with Crippen LogP contribution in [-0.2, 0) is 17.9 Å². The fourth-order valence-electron chi connectivity index (χ4n) is 3.04. The standard InChI is InChI=1S/C20H23N3O4S/c1-27-16-8-5-4-7-14(16)13-21-17(24)9-3-2-6-11-23-19(25)18-15(10-12-28-18)22-20(23)26/h4-5,7-8,10,12H,2-3,6,9,11,13H2,1H3,(H,21,24)(H,22,26). The van der Waals surface area contributed by atoms with Crippen molar-refractivity contribution in [1.29, 1.82) is 0 Å². The van der Waals surface area contributed by atoms with Crippen LogP contribution < -0.4 is 21.3 Å². The van der Waals surface area contributed by atoms with Crippen LogP contribution in [0, 0.1) is 0 Å². The SMILES string of the molecule is COc1ccccc1CNC(=O)CCCCCn1c(=O)[nH]c2ccsc2c1=O. The Labute approximate surface area is 166 Å². The molecule has 0 aliphatic carbocycles. The summed E-state index contributed by atoms with van der Waals surface area (Å²) in [6.07, 6.45) is 2.53. The highest BCUT2D eigenvalue weighted by molar-refractivity contribution is 7.17. The second kappa shape index (κ2) is 9.36. The van der Waals surface area contributed by atoms with Crippen LogP contribution in [0.3, 0.4) is 0 Å². The number of carbonyl (C=O) groups excluding carboxylic acids is 1. The van der Waals surface area contributed by atoms with Gasteiger partial charge in [0.25, 0.3) is 5.56 Å². The van der Waals surface area contributed by atoms with E-state index in [-0.39, 0.29) is 17.2 Å². The lowest BCUT2D eigenvalue weighted by molar-refractivity contribution is -0.121. The molecule has 3 aromatic rings. The highest BCUT2D eigenvalue weighted by atomic mass is 32.1. The van der Waals surface area contributed by atoms with E-state index >= 15 is 0 Å². The quantitative estimate of drug-likeness (QED) is 0.539. The number of benzene rings is 1. The maximum atomic E-state index is 12.3. The molecular formula is C20H23N3O4S. The average Bonchev–Trinajstić information content (AvgIpc) is 3.17. The number of nitrogens with one attached hydrogen (secondary N) is 2. The minimum Gasteiger partial charge on any atom is -0.496 e. The van der Waals surface area contributed by atoms with E-state index in [1.165, 1.54) is 15.9 Å². The average molecular weight is 401 g/mol. The van der Waals surface area contributed by atoms with E-state index in [0.717, 1.165) is 17.7 Å². The maximum Gasteiger partial charge on any atom is 0.328 e. The first kappa shape index (κ1) is 19.9. The molecule has 3 rings (SSSR count). The first-order valence-corrected chi connectivity index (χ1v) is 10.1. The molecule has 0 fully saturated rings. The first-order chi connectivity index (χ1) is 13.6. The number of unbranched alkanes of at least 4 members (excludes halogenated alkanes) is 2. The van der Waals surface area contributed by atoms with Crippen LogP contribution in [0.4, 0.5) is 0 Å². The summed E-state index contributed by atoms with van der Waals surface area (Å²) >= 11 is 1.33. The monoisotopic (exact) mass is 401 g/mol. The zero-order valence-electron chi connectivity index (χ0n) is 15.7. The molecule has 2 heterocycles. The van der Waals surface area contributed by atoms with Crippen molar-refractivity contribution in [3.8, 4) is 5.75 Å². The van der Waals surface area contributed by atoms with Gasteiger partial charge in [-0.1, -0.05) is 24.6 Å². The number of rotatable bonds is 9. The third kappa shape index (κ3) is 4.69. The van der Waals surface area contributed by atoms with Crippen molar-refractivity contribution < 1.29 is 9.53 Å². The molecule has 0 saturated heterocycles. The molecule has 0 radical (unpaired) electrons. The van der Waals surface area contributed by atoms with E-state index in [1.54, 1.807) is 18.6 Å². The third-order valence-electron chi connectivity index (χ3n) is 4.55. The molecule has 1 aromatic carbocycles. The summed E-state index contributed by atoms with van der Waals surface area (Å²) in [6, 6.07) is 9.30. The lowest BCUT2D eigenvalue weighted by Gasteiger charge is -2.09. The fourth-order valence-corrected chi connectivity index (χ4v) is 3.83. The zero-order chi connectivity index (χ0) is 19.9. The maximum absolute atomic E-state index is 12.3. The van der Waals surface area contributed by atoms with Gasteiger partial charge in [-0.25, -0.2) is 4.79 Å². The Morgan fingerprint density at radius 3 is 2.82 bits per heavy atom. The van der Waals surface area contributed by atoms with Gasteiger partial charge in [0.1, 0.15) is 10.4 Å². The number of H-pyrrole nitrogens is 1. The van der Waals surface area contributed by atoms with Crippen molar-refractivity contribution in [3.05, 3.63) is 62.1 Å². The minimum atomic E-state index is -0.384. The molecule has 148 valence electrons. The van der Waals surface area contributed by atoms with Crippen LogP contribution in [0.15, 0.2) is 45.3 Å². The normalized spacial score (nSPS) is 10.9. The van der Waals surface area contributed by atoms with Gasteiger partial charge < -0.3 is 15.0 Å². The predicted octanol–water partition coefficient (Wildman–Crippen LogP) is 2.64. The van der Waals surface area contributed by atoms with E-state index in [9.17, 15) is 14.4 Å². The molecule has 1 amide bonds. The topological polar surface area (TPSA) is 93.2 Å². The second-order valence-corrected chi connectivity index (χ2v) is 7.37. The summed E-state index contributed by atoms with van der Waals surface area (Å²) < 4.78 is 7.07. The van der Waals surface area contributed by atoms with Crippen molar-refractivity contribution in [2.24, 2.45) is 0 Å². The zero-order valence-corrected chi connectivity index (χ0v) is 16.5. The van der Waals surface area contributed by atoms with Crippen LogP contribution in [0.2, 0.25) is 0 Å². The number of aromatic amines is 1. The Morgan fingerprint density at radius 1 is 1.18 bits per heavy atom. The van der Waals surface area contributed by atoms with Gasteiger partial charge in [0.05, 0.1) is 12.6 Å². The molecule has 7 nitrogen and oxygen atoms in total. The van der Waals surface area contributed by atoms with Gasteiger partial charge in [-0.15, -0.1) is 11.3 Å². The van der Waals surface area contributed by atoms with Crippen molar-refractivity contribution in [2.45, 2.75) is 38.8 Å². The van der Waals surface area contributed by atoms with Crippen molar-refractivity contribution in [2.75, 3.05) is 7.11 Å². The Balaban J connectivity index is 1.42. The molecule has 0 atom stereocenters. The lowest BCUT2D eigenvalue weighted by atomic mass is 10.1. The Bertz CT molecular complexity index is 1070. The Morgan fingerprint density at radius 2 is 2.00 bits per heavy atom. The molecule has 0 aliphatic heterocycles. The Kier molecular flexibility index (Phi) is 6.65. The molecule has 0 saturated carbocycles. The number of hydrogen-bond donors (Lipinski definition) is 2. The van der Waals surface area contributed by atoms with Gasteiger partial charge in [0.15, 0.2) is 0 Å². The van der Waals surface area contributed by atoms with Crippen LogP contribution in [0.25, 0.3) is 10.2 Å². The summed E-state index contributed by atoms with van der Waals surface area (Å²) in [7, 11) is 1.60. The number of thiophene rings is 1. The number of para-hydroxylation sites is 1. The number of amides is 1. The number of carbonyl (C=O) groups is 1. The lowest BCUT2D eigenvalue weighted by Crippen LogP contribution is -2.34. The van der Waals surface area contributed by atoms with Crippen LogP contribution >= 0.6 is 11.3 Å². The molecule has 0 bridgehead atoms. The van der Waals surface area contributed by atoms with Crippen molar-refractivity contribution in [1.82, 2.24) is 14.9 Å². The van der Waals surface area contributed by atoms with E-state index in [1.807, 2.05) is 24.3 Å². The summed E-state index contributed by atoms with van der Waals surface area (Å²) in [5, 5.41) is 4.68. The van der Waals surface area contributed by atoms with Gasteiger partial charge >= 0.3 is 5.69 Å². The smallest absolute Gasteiger partial charge is 0.328 e. The number of hydrogen-bond acceptors (Lipinski definition) is 5. The van der Waals surface area contributed by atoms with Crippen LogP contribution in [-0.4, -0.2) is 22.6 Å². The minimum absolute atomic E-state index is 0.0269. The summed E-state index contributed by atoms with van der Waals surface area (Å²) in [4.78, 5) is 39.1. The van der Waals surface area contributed by atoms with E-state index in [2.05, 4.69) is 10.3 Å². The van der Waals surface area contributed by atoms with Crippen molar-refractivity contribution >= 4 is 27.5 Å². The van der Waals surface area contributed by atoms with Gasteiger partial charge in [-0.2, -0.15) is 0 Å². The van der Waals surface area contributed by atoms with Crippen molar-refractivity contribution in [3.63, 3.8) is 0 Å². The molecule has 28 heavy (non-hydrogen) atoms. The Hall–Kier alpha value is -2.87. The van der Waals surface area contributed by atoms with Gasteiger partial charge in [0, 0.05) is 25.1 Å². The first-order valence-electron chi connectivity index (χ1n) is 9.19. The van der Waals surface area contributed by atoms with Gasteiger partial charge in [0.2, 0.25) is 5.91 Å². The van der Waals surface area contributed by atoms with Gasteiger partial charge in [-0.3, -0.25) is 14.2 Å². The summed E-state index contributed by atoms with van der Waals surface area (Å²) in [6.45, 7) is 0.777. The number of nitrogens with zero attached hydrogens (tertiary/aromatic N) is 1. The van der Waals surface area contributed by atoms with E-state index in [0.29, 0.717) is 42.6 Å². The number of aromatic nitrogens is 2. The molecule has 0 spiro atoms. The second-order valence-electron chi connectivity index (χ2n) is 6.45. The van der Waals surface area contributed by atoms with E-state index in [4.69, 9.17) is 4.74 Å². The third-order valence-corrected chi connectivity index (χ3v) is 5.45. The summed E-state index contributed by atoms with van der Waals surface area (Å²) in [5.41, 5.74) is 0.887.